The van der Waals surface area contributed by atoms with Crippen molar-refractivity contribution in [2.75, 3.05) is 5.32 Å². The minimum Gasteiger partial charge on any atom is -0.326 e. The van der Waals surface area contributed by atoms with Crippen molar-refractivity contribution >= 4 is 56.3 Å². The number of nitrogens with one attached hydrogen (secondary N) is 3. The summed E-state index contributed by atoms with van der Waals surface area (Å²) in [6, 6.07) is 16.1. The first-order valence-corrected chi connectivity index (χ1v) is 13.6. The molecule has 0 spiro atoms. The van der Waals surface area contributed by atoms with Crippen LogP contribution in [0.3, 0.4) is 0 Å². The number of thiazole rings is 1. The molecular weight excluding hydrogens is 524 g/mol. The Bertz CT molecular complexity index is 1670. The maximum atomic E-state index is 13.2. The lowest BCUT2D eigenvalue weighted by Crippen LogP contribution is -2.55. The number of benzene rings is 2. The Morgan fingerprint density at radius 3 is 2.77 bits per heavy atom. The van der Waals surface area contributed by atoms with Crippen molar-refractivity contribution < 1.29 is 4.79 Å². The standard InChI is InChI=1S/C28H26N10OS/c1-17-10-6-7-13-19(17)23-31-26(38-36-23)37-35-22-16-29-25(32-27-30-20-14-8-9-15-21(20)40-27)34-28(22,2)33-24(39)18-11-4-3-5-12-18/h3-9,11-17,22H,10H2,1-2H3,(H,33,39)(H,30,32,34)(H,31,36,38). The molecule has 1 aliphatic carbocycles. The molecule has 40 heavy (non-hydrogen) atoms. The van der Waals surface area contributed by atoms with E-state index < -0.39 is 11.7 Å². The van der Waals surface area contributed by atoms with Crippen molar-refractivity contribution in [2.24, 2.45) is 26.1 Å². The molecule has 2 aromatic heterocycles. The van der Waals surface area contributed by atoms with Crippen LogP contribution in [0, 0.1) is 5.92 Å². The Hall–Kier alpha value is -4.84. The van der Waals surface area contributed by atoms with Gasteiger partial charge in [0, 0.05) is 11.8 Å². The average molecular weight is 551 g/mol. The highest BCUT2D eigenvalue weighted by Crippen LogP contribution is 2.29. The molecule has 0 fully saturated rings. The number of anilines is 1. The van der Waals surface area contributed by atoms with Gasteiger partial charge in [0.15, 0.2) is 16.6 Å². The number of azo groups is 1. The number of rotatable bonds is 6. The van der Waals surface area contributed by atoms with E-state index in [1.807, 2.05) is 42.5 Å². The number of aromatic amines is 1. The second-order valence-corrected chi connectivity index (χ2v) is 10.7. The molecule has 2 aliphatic rings. The average Bonchev–Trinajstić information content (AvgIpc) is 3.60. The van der Waals surface area contributed by atoms with Crippen LogP contribution in [-0.4, -0.2) is 50.0 Å². The molecule has 3 N–H and O–H groups in total. The minimum atomic E-state index is -1.21. The number of aromatic nitrogens is 4. The maximum Gasteiger partial charge on any atom is 0.287 e. The van der Waals surface area contributed by atoms with Crippen LogP contribution in [0.15, 0.2) is 93.0 Å². The first-order valence-electron chi connectivity index (χ1n) is 12.8. The summed E-state index contributed by atoms with van der Waals surface area (Å²) in [6.45, 7) is 3.91. The summed E-state index contributed by atoms with van der Waals surface area (Å²) in [5.74, 6) is 1.16. The van der Waals surface area contributed by atoms with Gasteiger partial charge in [0.25, 0.3) is 11.9 Å². The van der Waals surface area contributed by atoms with Gasteiger partial charge >= 0.3 is 0 Å². The van der Waals surface area contributed by atoms with Crippen LogP contribution >= 0.6 is 11.3 Å². The molecule has 0 saturated carbocycles. The number of H-pyrrole nitrogens is 1. The van der Waals surface area contributed by atoms with Crippen LogP contribution in [0.5, 0.6) is 0 Å². The zero-order valence-electron chi connectivity index (χ0n) is 21.8. The van der Waals surface area contributed by atoms with E-state index in [0.717, 1.165) is 22.2 Å². The third-order valence-corrected chi connectivity index (χ3v) is 7.57. The molecule has 1 aliphatic heterocycles. The monoisotopic (exact) mass is 550 g/mol. The SMILES string of the molecule is CC1CC=CC=C1c1nc(N=NC2C=NC(Nc3nc4ccccc4s3)=NC2(C)NC(=O)c2ccccc2)n[nH]1. The van der Waals surface area contributed by atoms with Gasteiger partial charge < -0.3 is 10.6 Å². The maximum absolute atomic E-state index is 13.2. The number of nitrogens with zero attached hydrogens (tertiary/aromatic N) is 7. The zero-order valence-corrected chi connectivity index (χ0v) is 22.6. The number of para-hydroxylation sites is 1. The van der Waals surface area contributed by atoms with Crippen LogP contribution in [-0.2, 0) is 0 Å². The summed E-state index contributed by atoms with van der Waals surface area (Å²) in [6.07, 6.45) is 8.69. The lowest BCUT2D eigenvalue weighted by molar-refractivity contribution is 0.0905. The normalized spacial score (nSPS) is 22.4. The van der Waals surface area contributed by atoms with Crippen LogP contribution in [0.25, 0.3) is 15.8 Å². The molecule has 4 aromatic rings. The highest BCUT2D eigenvalue weighted by Gasteiger charge is 2.38. The topological polar surface area (TPSA) is 145 Å². The number of guanidine groups is 1. The fourth-order valence-electron chi connectivity index (χ4n) is 4.42. The molecule has 3 unspecified atom stereocenters. The Morgan fingerprint density at radius 2 is 1.95 bits per heavy atom. The highest BCUT2D eigenvalue weighted by molar-refractivity contribution is 7.22. The van der Waals surface area contributed by atoms with Gasteiger partial charge in [0.1, 0.15) is 6.04 Å². The van der Waals surface area contributed by atoms with Crippen LogP contribution in [0.2, 0.25) is 0 Å². The highest BCUT2D eigenvalue weighted by atomic mass is 32.1. The van der Waals surface area contributed by atoms with Crippen molar-refractivity contribution in [3.63, 3.8) is 0 Å². The van der Waals surface area contributed by atoms with Crippen molar-refractivity contribution in [3.05, 3.63) is 84.2 Å². The lowest BCUT2D eigenvalue weighted by atomic mass is 9.93. The Kier molecular flexibility index (Phi) is 6.83. The lowest BCUT2D eigenvalue weighted by Gasteiger charge is -2.32. The van der Waals surface area contributed by atoms with E-state index in [1.54, 1.807) is 37.4 Å². The van der Waals surface area contributed by atoms with Gasteiger partial charge in [0.05, 0.1) is 10.2 Å². The molecule has 12 heteroatoms. The molecule has 2 aromatic carbocycles. The molecule has 11 nitrogen and oxygen atoms in total. The summed E-state index contributed by atoms with van der Waals surface area (Å²) in [5, 5.41) is 22.7. The van der Waals surface area contributed by atoms with Crippen molar-refractivity contribution in [2.45, 2.75) is 32.0 Å². The van der Waals surface area contributed by atoms with Gasteiger partial charge in [-0.2, -0.15) is 10.1 Å². The second-order valence-electron chi connectivity index (χ2n) is 9.62. The third kappa shape index (κ3) is 5.34. The fourth-order valence-corrected chi connectivity index (χ4v) is 5.28. The van der Waals surface area contributed by atoms with Crippen LogP contribution in [0.1, 0.15) is 36.5 Å². The number of hydrogen-bond donors (Lipinski definition) is 3. The van der Waals surface area contributed by atoms with E-state index in [2.05, 4.69) is 59.0 Å². The molecule has 6 rings (SSSR count). The van der Waals surface area contributed by atoms with E-state index >= 15 is 0 Å². The smallest absolute Gasteiger partial charge is 0.287 e. The summed E-state index contributed by atoms with van der Waals surface area (Å²) in [5.41, 5.74) is 1.23. The van der Waals surface area contributed by atoms with E-state index in [9.17, 15) is 4.79 Å². The number of hydrogen-bond acceptors (Lipinski definition) is 10. The fraction of sp³-hybridized carbons (Fsp3) is 0.214. The van der Waals surface area contributed by atoms with E-state index in [0.29, 0.717) is 28.4 Å². The Balaban J connectivity index is 1.26. The largest absolute Gasteiger partial charge is 0.326 e. The Morgan fingerprint density at radius 1 is 1.12 bits per heavy atom. The molecule has 3 atom stereocenters. The van der Waals surface area contributed by atoms with Gasteiger partial charge in [-0.1, -0.05) is 66.8 Å². The predicted molar refractivity (Wildman–Crippen MR) is 157 cm³/mol. The molecule has 200 valence electrons. The molecule has 0 radical (unpaired) electrons. The van der Waals surface area contributed by atoms with E-state index in [1.165, 1.54) is 11.3 Å². The first kappa shape index (κ1) is 25.4. The minimum absolute atomic E-state index is 0.185. The van der Waals surface area contributed by atoms with Gasteiger partial charge in [-0.05, 0) is 49.1 Å². The molecular formula is C28H26N10OS. The quantitative estimate of drug-likeness (QED) is 0.270. The molecule has 0 bridgehead atoms. The number of carbonyl (C=O) groups is 1. The predicted octanol–water partition coefficient (Wildman–Crippen LogP) is 5.54. The van der Waals surface area contributed by atoms with Gasteiger partial charge in [-0.25, -0.2) is 15.0 Å². The number of amides is 1. The van der Waals surface area contributed by atoms with Gasteiger partial charge in [0.2, 0.25) is 5.96 Å². The van der Waals surface area contributed by atoms with Crippen molar-refractivity contribution in [3.8, 4) is 0 Å². The van der Waals surface area contributed by atoms with E-state index in [-0.39, 0.29) is 11.9 Å². The number of carbonyl (C=O) groups excluding carboxylic acids is 1. The van der Waals surface area contributed by atoms with Crippen molar-refractivity contribution in [1.29, 1.82) is 0 Å². The Labute approximate surface area is 234 Å². The molecule has 1 amide bonds. The van der Waals surface area contributed by atoms with Gasteiger partial charge in [-0.15, -0.1) is 10.2 Å². The van der Waals surface area contributed by atoms with Crippen LogP contribution in [0.4, 0.5) is 11.1 Å². The third-order valence-electron chi connectivity index (χ3n) is 6.62. The number of aliphatic imine (C=N–C) groups is 2. The number of allylic oxidation sites excluding steroid dienone is 4. The second kappa shape index (κ2) is 10.7. The molecule has 0 saturated heterocycles. The van der Waals surface area contributed by atoms with Crippen molar-refractivity contribution in [1.82, 2.24) is 25.5 Å². The summed E-state index contributed by atoms with van der Waals surface area (Å²) < 4.78 is 1.04. The first-order chi connectivity index (χ1) is 19.5. The molecule has 3 heterocycles. The van der Waals surface area contributed by atoms with E-state index in [4.69, 9.17) is 4.99 Å². The summed E-state index contributed by atoms with van der Waals surface area (Å²) >= 11 is 1.49. The number of fused-ring (bicyclic) bond motifs is 1. The van der Waals surface area contributed by atoms with Gasteiger partial charge in [-0.3, -0.25) is 9.89 Å². The summed E-state index contributed by atoms with van der Waals surface area (Å²) in [4.78, 5) is 31.5. The summed E-state index contributed by atoms with van der Waals surface area (Å²) in [7, 11) is 0. The van der Waals surface area contributed by atoms with Crippen LogP contribution < -0.4 is 10.6 Å². The zero-order chi connectivity index (χ0) is 27.5.